The van der Waals surface area contributed by atoms with Crippen molar-refractivity contribution in [1.29, 1.82) is 0 Å². The van der Waals surface area contributed by atoms with E-state index < -0.39 is 42.0 Å². The van der Waals surface area contributed by atoms with E-state index in [1.165, 1.54) is 23.6 Å². The lowest BCUT2D eigenvalue weighted by Gasteiger charge is -2.25. The number of hydrogen-bond acceptors (Lipinski definition) is 6. The van der Waals surface area contributed by atoms with E-state index in [9.17, 15) is 19.2 Å². The van der Waals surface area contributed by atoms with Gasteiger partial charge in [-0.2, -0.15) is 11.8 Å². The van der Waals surface area contributed by atoms with Gasteiger partial charge in [0.25, 0.3) is 0 Å². The van der Waals surface area contributed by atoms with Crippen molar-refractivity contribution in [3.63, 3.8) is 0 Å². The highest BCUT2D eigenvalue weighted by Crippen LogP contribution is 2.19. The Hall–Kier alpha value is -2.75. The number of hydrogen-bond donors (Lipinski definition) is 3. The first-order chi connectivity index (χ1) is 14.3. The minimum Gasteiger partial charge on any atom is -0.480 e. The van der Waals surface area contributed by atoms with Crippen LogP contribution in [0.25, 0.3) is 0 Å². The number of benzene rings is 1. The topological polar surface area (TPSA) is 125 Å². The summed E-state index contributed by atoms with van der Waals surface area (Å²) in [7, 11) is 0. The number of carboxylic acids is 1. The molecule has 3 N–H and O–H groups in total. The molecule has 0 unspecified atom stereocenters. The molecule has 10 heteroatoms. The molecule has 1 aliphatic rings. The van der Waals surface area contributed by atoms with Crippen LogP contribution < -0.4 is 10.6 Å². The number of thioether (sulfide) groups is 1. The summed E-state index contributed by atoms with van der Waals surface area (Å²) in [5, 5.41) is 14.1. The highest BCUT2D eigenvalue weighted by Gasteiger charge is 2.36. The molecule has 3 amide bonds. The van der Waals surface area contributed by atoms with Crippen molar-refractivity contribution in [2.24, 2.45) is 0 Å². The normalized spacial score (nSPS) is 17.7. The van der Waals surface area contributed by atoms with E-state index in [2.05, 4.69) is 10.6 Å². The van der Waals surface area contributed by atoms with E-state index in [1.807, 2.05) is 30.3 Å². The van der Waals surface area contributed by atoms with Gasteiger partial charge in [0.1, 0.15) is 24.7 Å². The average molecular weight is 438 g/mol. The second kappa shape index (κ2) is 11.4. The summed E-state index contributed by atoms with van der Waals surface area (Å²) >= 11 is 1.29. The zero-order chi connectivity index (χ0) is 22.1. The summed E-state index contributed by atoms with van der Waals surface area (Å²) in [6.45, 7) is 1.97. The van der Waals surface area contributed by atoms with Crippen LogP contribution in [0.4, 0.5) is 4.79 Å². The van der Waals surface area contributed by atoms with E-state index in [4.69, 9.17) is 9.84 Å². The summed E-state index contributed by atoms with van der Waals surface area (Å²) in [6, 6.07) is 6.51. The summed E-state index contributed by atoms with van der Waals surface area (Å²) in [4.78, 5) is 49.9. The third-order valence-corrected chi connectivity index (χ3v) is 5.36. The van der Waals surface area contributed by atoms with Gasteiger partial charge in [-0.15, -0.1) is 0 Å². The number of nitrogens with zero attached hydrogens (tertiary/aromatic N) is 1. The molecule has 164 valence electrons. The first-order valence-corrected chi connectivity index (χ1v) is 11.0. The number of likely N-dealkylation sites (tertiary alicyclic amines) is 1. The molecule has 1 aromatic carbocycles. The molecule has 0 spiro atoms. The number of carbonyl (C=O) groups is 4. The second-order valence-electron chi connectivity index (χ2n) is 6.98. The van der Waals surface area contributed by atoms with E-state index in [-0.39, 0.29) is 12.4 Å². The molecule has 30 heavy (non-hydrogen) atoms. The summed E-state index contributed by atoms with van der Waals surface area (Å²) in [6.07, 6.45) is 2.26. The number of ether oxygens (including phenoxy) is 1. The second-order valence-corrected chi connectivity index (χ2v) is 7.89. The average Bonchev–Trinajstić information content (AvgIpc) is 3.22. The van der Waals surface area contributed by atoms with Gasteiger partial charge in [0, 0.05) is 12.3 Å². The molecule has 0 saturated carbocycles. The van der Waals surface area contributed by atoms with Crippen LogP contribution in [0.5, 0.6) is 0 Å². The van der Waals surface area contributed by atoms with Crippen LogP contribution in [0.15, 0.2) is 30.3 Å². The molecular formula is C20H27N3O6S. The molecule has 1 heterocycles. The van der Waals surface area contributed by atoms with Gasteiger partial charge in [-0.3, -0.25) is 14.5 Å². The Labute approximate surface area is 179 Å². The maximum atomic E-state index is 12.6. The molecule has 0 aliphatic carbocycles. The number of carbonyl (C=O) groups excluding carboxylic acids is 3. The molecule has 0 radical (unpaired) electrons. The summed E-state index contributed by atoms with van der Waals surface area (Å²) in [5.41, 5.74) is 0.842. The molecule has 1 fully saturated rings. The van der Waals surface area contributed by atoms with Gasteiger partial charge in [-0.05, 0) is 31.6 Å². The van der Waals surface area contributed by atoms with Crippen molar-refractivity contribution in [1.82, 2.24) is 15.5 Å². The fourth-order valence-corrected chi connectivity index (χ4v) is 3.63. The molecule has 1 saturated heterocycles. The third kappa shape index (κ3) is 6.65. The Kier molecular flexibility index (Phi) is 8.97. The Morgan fingerprint density at radius 1 is 1.23 bits per heavy atom. The lowest BCUT2D eigenvalue weighted by molar-refractivity contribution is -0.141. The van der Waals surface area contributed by atoms with Crippen LogP contribution in [-0.4, -0.2) is 70.6 Å². The maximum absolute atomic E-state index is 12.6. The van der Waals surface area contributed by atoms with Crippen molar-refractivity contribution < 1.29 is 29.0 Å². The van der Waals surface area contributed by atoms with Crippen LogP contribution in [-0.2, 0) is 25.7 Å². The monoisotopic (exact) mass is 437 g/mol. The molecule has 0 bridgehead atoms. The fraction of sp³-hybridized carbons (Fsp3) is 0.500. The zero-order valence-corrected chi connectivity index (χ0v) is 17.8. The van der Waals surface area contributed by atoms with Crippen LogP contribution >= 0.6 is 11.8 Å². The predicted molar refractivity (Wildman–Crippen MR) is 112 cm³/mol. The minimum atomic E-state index is -1.14. The van der Waals surface area contributed by atoms with Crippen LogP contribution in [0.2, 0.25) is 0 Å². The van der Waals surface area contributed by atoms with Gasteiger partial charge in [0.15, 0.2) is 0 Å². The highest BCUT2D eigenvalue weighted by molar-refractivity contribution is 7.98. The van der Waals surface area contributed by atoms with E-state index in [1.54, 1.807) is 6.26 Å². The lowest BCUT2D eigenvalue weighted by Crippen LogP contribution is -2.54. The third-order valence-electron chi connectivity index (χ3n) is 4.70. The van der Waals surface area contributed by atoms with Gasteiger partial charge in [-0.25, -0.2) is 9.59 Å². The fourth-order valence-electron chi connectivity index (χ4n) is 3.07. The molecule has 1 aliphatic heterocycles. The van der Waals surface area contributed by atoms with Gasteiger partial charge in [0.2, 0.25) is 11.8 Å². The number of carboxylic acid groups (broad SMARTS) is 1. The van der Waals surface area contributed by atoms with Crippen molar-refractivity contribution in [2.75, 3.05) is 18.6 Å². The number of amides is 3. The predicted octanol–water partition coefficient (Wildman–Crippen LogP) is 1.22. The Morgan fingerprint density at radius 2 is 1.93 bits per heavy atom. The lowest BCUT2D eigenvalue weighted by atomic mass is 10.2. The highest BCUT2D eigenvalue weighted by atomic mass is 32.2. The van der Waals surface area contributed by atoms with Crippen molar-refractivity contribution in [3.05, 3.63) is 35.9 Å². The standard InChI is InChI=1S/C20H27N3O6S/c1-13(17(24)22-15(12-30-2)19(26)27)21-18(25)16-9-6-10-23(16)20(28)29-11-14-7-4-3-5-8-14/h3-5,7-8,13,15-16H,6,9-12H2,1-2H3,(H,21,25)(H,22,24)(H,26,27)/t13-,15-,16-/m1/s1. The zero-order valence-electron chi connectivity index (χ0n) is 17.0. The van der Waals surface area contributed by atoms with E-state index >= 15 is 0 Å². The van der Waals surface area contributed by atoms with Gasteiger partial charge in [-0.1, -0.05) is 30.3 Å². The van der Waals surface area contributed by atoms with Gasteiger partial charge in [0.05, 0.1) is 0 Å². The van der Waals surface area contributed by atoms with Crippen molar-refractivity contribution in [2.45, 2.75) is 44.5 Å². The smallest absolute Gasteiger partial charge is 0.410 e. The van der Waals surface area contributed by atoms with Gasteiger partial charge >= 0.3 is 12.1 Å². The first-order valence-electron chi connectivity index (χ1n) is 9.63. The van der Waals surface area contributed by atoms with Crippen LogP contribution in [0, 0.1) is 0 Å². The van der Waals surface area contributed by atoms with E-state index in [0.717, 1.165) is 5.56 Å². The number of rotatable bonds is 9. The first kappa shape index (κ1) is 23.5. The van der Waals surface area contributed by atoms with E-state index in [0.29, 0.717) is 19.4 Å². The minimum absolute atomic E-state index is 0.106. The maximum Gasteiger partial charge on any atom is 0.410 e. The summed E-state index contributed by atoms with van der Waals surface area (Å²) in [5.74, 6) is -1.99. The van der Waals surface area contributed by atoms with Crippen molar-refractivity contribution >= 4 is 35.6 Å². The summed E-state index contributed by atoms with van der Waals surface area (Å²) < 4.78 is 5.31. The quantitative estimate of drug-likeness (QED) is 0.530. The molecule has 9 nitrogen and oxygen atoms in total. The van der Waals surface area contributed by atoms with Gasteiger partial charge < -0.3 is 20.5 Å². The molecule has 1 aromatic rings. The van der Waals surface area contributed by atoms with Crippen LogP contribution in [0.3, 0.4) is 0 Å². The Balaban J connectivity index is 1.88. The largest absolute Gasteiger partial charge is 0.480 e. The molecule has 3 atom stereocenters. The SMILES string of the molecule is CSC[C@@H](NC(=O)[C@@H](C)NC(=O)[C@H]1CCCN1C(=O)OCc1ccccc1)C(=O)O. The van der Waals surface area contributed by atoms with Crippen molar-refractivity contribution in [3.8, 4) is 0 Å². The number of nitrogens with one attached hydrogen (secondary N) is 2. The Bertz CT molecular complexity index is 760. The Morgan fingerprint density at radius 3 is 2.57 bits per heavy atom. The molecule has 2 rings (SSSR count). The molecular weight excluding hydrogens is 410 g/mol. The molecule has 0 aromatic heterocycles. The number of aliphatic carboxylic acids is 1. The van der Waals surface area contributed by atoms with Crippen LogP contribution in [0.1, 0.15) is 25.3 Å².